The summed E-state index contributed by atoms with van der Waals surface area (Å²) < 4.78 is 11.2. The van der Waals surface area contributed by atoms with Gasteiger partial charge in [-0.3, -0.25) is 9.59 Å². The molecule has 29 heavy (non-hydrogen) atoms. The van der Waals surface area contributed by atoms with Crippen molar-refractivity contribution in [2.75, 3.05) is 7.11 Å². The highest BCUT2D eigenvalue weighted by atomic mass is 28.4. The SMILES string of the molecule is CCCCCC(=O)C=C[C@@H]1CCC(O[Si](C)(C)C)[C@H]1CC=CCCCC(=O)OC. The summed E-state index contributed by atoms with van der Waals surface area (Å²) in [5.74, 6) is 0.946. The molecule has 1 aliphatic rings. The van der Waals surface area contributed by atoms with E-state index in [1.165, 1.54) is 7.11 Å². The van der Waals surface area contributed by atoms with Crippen molar-refractivity contribution in [3.63, 3.8) is 0 Å². The fourth-order valence-corrected chi connectivity index (χ4v) is 5.13. The minimum atomic E-state index is -1.60. The van der Waals surface area contributed by atoms with Gasteiger partial charge in [0.15, 0.2) is 14.1 Å². The third-order valence-corrected chi connectivity index (χ3v) is 6.44. The quantitative estimate of drug-likeness (QED) is 0.109. The van der Waals surface area contributed by atoms with E-state index < -0.39 is 8.32 Å². The van der Waals surface area contributed by atoms with Crippen molar-refractivity contribution in [1.29, 1.82) is 0 Å². The number of ether oxygens (including phenoxy) is 1. The van der Waals surface area contributed by atoms with Crippen LogP contribution in [0.15, 0.2) is 24.3 Å². The van der Waals surface area contributed by atoms with Crippen molar-refractivity contribution in [2.24, 2.45) is 11.8 Å². The standard InChI is InChI=1S/C24H42O4Si/c1-6-7-10-13-21(25)18-16-20-17-19-23(28-29(3,4)5)22(20)14-11-8-9-12-15-24(26)27-2/h8,11,16,18,20,22-23H,6-7,9-10,12-15,17,19H2,1-5H3/t20-,22+,23?/m1/s1. The van der Waals surface area contributed by atoms with Crippen molar-refractivity contribution >= 4 is 20.1 Å². The Morgan fingerprint density at radius 1 is 1.03 bits per heavy atom. The van der Waals surface area contributed by atoms with E-state index in [-0.39, 0.29) is 17.9 Å². The van der Waals surface area contributed by atoms with E-state index in [9.17, 15) is 9.59 Å². The summed E-state index contributed by atoms with van der Waals surface area (Å²) in [5, 5.41) is 0. The summed E-state index contributed by atoms with van der Waals surface area (Å²) in [6.45, 7) is 8.89. The Hall–Kier alpha value is -1.20. The number of carbonyl (C=O) groups excluding carboxylic acids is 2. The molecule has 0 N–H and O–H groups in total. The van der Waals surface area contributed by atoms with Gasteiger partial charge in [0.1, 0.15) is 0 Å². The first-order valence-corrected chi connectivity index (χ1v) is 14.8. The van der Waals surface area contributed by atoms with Crippen LogP contribution < -0.4 is 0 Å². The molecule has 0 aliphatic heterocycles. The van der Waals surface area contributed by atoms with Crippen LogP contribution in [0.4, 0.5) is 0 Å². The Kier molecular flexibility index (Phi) is 12.4. The zero-order valence-corrected chi connectivity index (χ0v) is 20.2. The fourth-order valence-electron chi connectivity index (χ4n) is 3.93. The average Bonchev–Trinajstić information content (AvgIpc) is 3.02. The third kappa shape index (κ3) is 11.5. The van der Waals surface area contributed by atoms with E-state index in [0.717, 1.165) is 51.4 Å². The number of rotatable bonds is 14. The smallest absolute Gasteiger partial charge is 0.305 e. The lowest BCUT2D eigenvalue weighted by Gasteiger charge is -2.29. The highest BCUT2D eigenvalue weighted by Gasteiger charge is 2.37. The van der Waals surface area contributed by atoms with Gasteiger partial charge in [-0.05, 0) is 76.1 Å². The maximum absolute atomic E-state index is 12.1. The summed E-state index contributed by atoms with van der Waals surface area (Å²) >= 11 is 0. The molecule has 5 heteroatoms. The second-order valence-electron chi connectivity index (χ2n) is 9.13. The zero-order valence-electron chi connectivity index (χ0n) is 19.2. The summed E-state index contributed by atoms with van der Waals surface area (Å²) in [6, 6.07) is 0. The van der Waals surface area contributed by atoms with Crippen molar-refractivity contribution in [3.05, 3.63) is 24.3 Å². The third-order valence-electron chi connectivity index (χ3n) is 5.43. The minimum absolute atomic E-state index is 0.147. The first-order valence-electron chi connectivity index (χ1n) is 11.4. The second kappa shape index (κ2) is 13.9. The lowest BCUT2D eigenvalue weighted by Crippen LogP contribution is -2.34. The summed E-state index contributed by atoms with van der Waals surface area (Å²) in [7, 11) is -0.174. The maximum atomic E-state index is 12.1. The van der Waals surface area contributed by atoms with Crippen molar-refractivity contribution in [3.8, 4) is 0 Å². The molecule has 0 saturated heterocycles. The van der Waals surface area contributed by atoms with E-state index in [2.05, 4.69) is 49.5 Å². The molecule has 0 spiro atoms. The van der Waals surface area contributed by atoms with Gasteiger partial charge in [0.25, 0.3) is 0 Å². The van der Waals surface area contributed by atoms with Gasteiger partial charge >= 0.3 is 5.97 Å². The normalized spacial score (nSPS) is 22.6. The largest absolute Gasteiger partial charge is 0.469 e. The van der Waals surface area contributed by atoms with Crippen LogP contribution in [0.3, 0.4) is 0 Å². The number of esters is 1. The van der Waals surface area contributed by atoms with Crippen molar-refractivity contribution in [2.45, 2.75) is 96.9 Å². The van der Waals surface area contributed by atoms with Crippen molar-refractivity contribution < 1.29 is 18.8 Å². The molecule has 4 nitrogen and oxygen atoms in total. The maximum Gasteiger partial charge on any atom is 0.305 e. The second-order valence-corrected chi connectivity index (χ2v) is 13.6. The monoisotopic (exact) mass is 422 g/mol. The molecule has 166 valence electrons. The van der Waals surface area contributed by atoms with Crippen LogP contribution in [-0.2, 0) is 18.8 Å². The lowest BCUT2D eigenvalue weighted by molar-refractivity contribution is -0.140. The molecule has 1 saturated carbocycles. The molecule has 0 aromatic carbocycles. The molecule has 0 aromatic rings. The van der Waals surface area contributed by atoms with Gasteiger partial charge in [0.2, 0.25) is 0 Å². The first kappa shape index (κ1) is 25.8. The van der Waals surface area contributed by atoms with Gasteiger partial charge in [-0.25, -0.2) is 0 Å². The number of methoxy groups -OCH3 is 1. The number of allylic oxidation sites excluding steroid dienone is 4. The van der Waals surface area contributed by atoms with E-state index in [4.69, 9.17) is 4.43 Å². The Balaban J connectivity index is 2.61. The molecule has 1 unspecified atom stereocenters. The minimum Gasteiger partial charge on any atom is -0.469 e. The topological polar surface area (TPSA) is 52.6 Å². The molecule has 0 bridgehead atoms. The average molecular weight is 423 g/mol. The van der Waals surface area contributed by atoms with Crippen molar-refractivity contribution in [1.82, 2.24) is 0 Å². The van der Waals surface area contributed by atoms with E-state index in [1.54, 1.807) is 0 Å². The molecule has 1 rings (SSSR count). The molecular formula is C24H42O4Si. The van der Waals surface area contributed by atoms with E-state index in [1.807, 2.05) is 6.08 Å². The Morgan fingerprint density at radius 2 is 1.79 bits per heavy atom. The number of ketones is 1. The molecular weight excluding hydrogens is 380 g/mol. The Labute approximate surface area is 179 Å². The molecule has 0 radical (unpaired) electrons. The molecule has 0 heterocycles. The molecule has 3 atom stereocenters. The number of hydrogen-bond donors (Lipinski definition) is 0. The Morgan fingerprint density at radius 3 is 2.45 bits per heavy atom. The molecule has 0 aromatic heterocycles. The van der Waals surface area contributed by atoms with Crippen LogP contribution in [0.25, 0.3) is 0 Å². The molecule has 0 amide bonds. The fraction of sp³-hybridized carbons (Fsp3) is 0.750. The van der Waals surface area contributed by atoms with Gasteiger partial charge in [-0.1, -0.05) is 38.0 Å². The summed E-state index contributed by atoms with van der Waals surface area (Å²) in [5.41, 5.74) is 0. The first-order chi connectivity index (χ1) is 13.8. The van der Waals surface area contributed by atoms with Crippen LogP contribution in [0.2, 0.25) is 19.6 Å². The highest BCUT2D eigenvalue weighted by Crippen LogP contribution is 2.39. The Bertz CT molecular complexity index is 548. The molecule has 1 aliphatic carbocycles. The predicted octanol–water partition coefficient (Wildman–Crippen LogP) is 6.23. The van der Waals surface area contributed by atoms with Crippen LogP contribution in [0.5, 0.6) is 0 Å². The van der Waals surface area contributed by atoms with Crippen LogP contribution in [0, 0.1) is 11.8 Å². The van der Waals surface area contributed by atoms with Crippen LogP contribution >= 0.6 is 0 Å². The predicted molar refractivity (Wildman–Crippen MR) is 122 cm³/mol. The zero-order chi connectivity index (χ0) is 21.7. The van der Waals surface area contributed by atoms with Gasteiger partial charge in [0.05, 0.1) is 7.11 Å². The molecule has 1 fully saturated rings. The van der Waals surface area contributed by atoms with Gasteiger partial charge < -0.3 is 9.16 Å². The number of unbranched alkanes of at least 4 members (excludes halogenated alkanes) is 3. The van der Waals surface area contributed by atoms with Crippen LogP contribution in [-0.4, -0.2) is 33.3 Å². The van der Waals surface area contributed by atoms with Gasteiger partial charge in [-0.15, -0.1) is 0 Å². The van der Waals surface area contributed by atoms with Gasteiger partial charge in [-0.2, -0.15) is 0 Å². The highest BCUT2D eigenvalue weighted by molar-refractivity contribution is 6.69. The van der Waals surface area contributed by atoms with E-state index >= 15 is 0 Å². The summed E-state index contributed by atoms with van der Waals surface area (Å²) in [4.78, 5) is 23.3. The number of carbonyl (C=O) groups is 2. The van der Waals surface area contributed by atoms with Crippen LogP contribution in [0.1, 0.15) is 71.1 Å². The summed E-state index contributed by atoms with van der Waals surface area (Å²) in [6.07, 6.45) is 17.9. The van der Waals surface area contributed by atoms with E-state index in [0.29, 0.717) is 24.7 Å². The lowest BCUT2D eigenvalue weighted by atomic mass is 9.90. The number of hydrogen-bond acceptors (Lipinski definition) is 4. The van der Waals surface area contributed by atoms with Gasteiger partial charge in [0, 0.05) is 18.9 Å².